The lowest BCUT2D eigenvalue weighted by atomic mass is 10.1. The second kappa shape index (κ2) is 7.70. The molecular formula is C13H18Cl2N2O2. The fourth-order valence-electron chi connectivity index (χ4n) is 1.67. The number of ether oxygens (including phenoxy) is 1. The first-order chi connectivity index (χ1) is 8.95. The van der Waals surface area contributed by atoms with Crippen molar-refractivity contribution >= 4 is 29.1 Å². The first-order valence-corrected chi connectivity index (χ1v) is 6.67. The smallest absolute Gasteiger partial charge is 0.234 e. The molecule has 0 spiro atoms. The van der Waals surface area contributed by atoms with Crippen LogP contribution in [-0.4, -0.2) is 37.1 Å². The van der Waals surface area contributed by atoms with Gasteiger partial charge in [-0.15, -0.1) is 0 Å². The van der Waals surface area contributed by atoms with Crippen LogP contribution >= 0.6 is 23.2 Å². The summed E-state index contributed by atoms with van der Waals surface area (Å²) in [4.78, 5) is 13.2. The molecule has 0 aliphatic carbocycles. The number of carbonyl (C=O) groups is 1. The van der Waals surface area contributed by atoms with Crippen molar-refractivity contribution in [2.75, 3.05) is 20.3 Å². The van der Waals surface area contributed by atoms with Crippen LogP contribution in [0.1, 0.15) is 12.5 Å². The minimum absolute atomic E-state index is 0.374. The highest BCUT2D eigenvalue weighted by Gasteiger charge is 2.19. The SMILES string of the molecule is COCCN(Cc1ccc(Cl)cc1Cl)C(C)C(N)=O. The summed E-state index contributed by atoms with van der Waals surface area (Å²) >= 11 is 12.0. The fraction of sp³-hybridized carbons (Fsp3) is 0.462. The molecule has 106 valence electrons. The number of hydrogen-bond acceptors (Lipinski definition) is 3. The molecule has 4 nitrogen and oxygen atoms in total. The third kappa shape index (κ3) is 4.99. The topological polar surface area (TPSA) is 55.6 Å². The summed E-state index contributed by atoms with van der Waals surface area (Å²) in [5.41, 5.74) is 6.25. The van der Waals surface area contributed by atoms with E-state index in [0.29, 0.717) is 29.7 Å². The van der Waals surface area contributed by atoms with E-state index in [-0.39, 0.29) is 11.9 Å². The van der Waals surface area contributed by atoms with E-state index in [9.17, 15) is 4.79 Å². The highest BCUT2D eigenvalue weighted by Crippen LogP contribution is 2.22. The summed E-state index contributed by atoms with van der Waals surface area (Å²) in [6.45, 7) is 3.40. The van der Waals surface area contributed by atoms with E-state index < -0.39 is 0 Å². The van der Waals surface area contributed by atoms with Crippen molar-refractivity contribution < 1.29 is 9.53 Å². The van der Waals surface area contributed by atoms with E-state index in [0.717, 1.165) is 5.56 Å². The van der Waals surface area contributed by atoms with Crippen molar-refractivity contribution in [2.24, 2.45) is 5.73 Å². The standard InChI is InChI=1S/C13H18Cl2N2O2/c1-9(13(16)18)17(5-6-19-2)8-10-3-4-11(14)7-12(10)15/h3-4,7,9H,5-6,8H2,1-2H3,(H2,16,18). The zero-order valence-corrected chi connectivity index (χ0v) is 12.5. The molecule has 0 fully saturated rings. The summed E-state index contributed by atoms with van der Waals surface area (Å²) in [6.07, 6.45) is 0. The maximum absolute atomic E-state index is 11.3. The number of methoxy groups -OCH3 is 1. The van der Waals surface area contributed by atoms with Crippen LogP contribution in [0.25, 0.3) is 0 Å². The summed E-state index contributed by atoms with van der Waals surface area (Å²) in [5, 5.41) is 1.16. The average Bonchev–Trinajstić information content (AvgIpc) is 2.36. The Hall–Kier alpha value is -0.810. The molecule has 0 bridgehead atoms. The molecule has 0 saturated carbocycles. The van der Waals surface area contributed by atoms with Gasteiger partial charge in [0, 0.05) is 30.2 Å². The summed E-state index contributed by atoms with van der Waals surface area (Å²) < 4.78 is 5.04. The van der Waals surface area contributed by atoms with Gasteiger partial charge in [-0.05, 0) is 24.6 Å². The van der Waals surface area contributed by atoms with Gasteiger partial charge in [-0.3, -0.25) is 9.69 Å². The van der Waals surface area contributed by atoms with E-state index in [1.54, 1.807) is 26.2 Å². The van der Waals surface area contributed by atoms with Gasteiger partial charge in [0.25, 0.3) is 0 Å². The molecule has 1 aromatic rings. The first kappa shape index (κ1) is 16.2. The molecule has 0 radical (unpaired) electrons. The molecule has 1 rings (SSSR count). The second-order valence-corrected chi connectivity index (χ2v) is 5.12. The minimum Gasteiger partial charge on any atom is -0.383 e. The van der Waals surface area contributed by atoms with Gasteiger partial charge in [0.1, 0.15) is 0 Å². The van der Waals surface area contributed by atoms with Gasteiger partial charge in [-0.1, -0.05) is 29.3 Å². The van der Waals surface area contributed by atoms with E-state index in [4.69, 9.17) is 33.7 Å². The molecule has 1 aromatic carbocycles. The Morgan fingerprint density at radius 3 is 2.68 bits per heavy atom. The predicted octanol–water partition coefficient (Wildman–Crippen LogP) is 2.32. The minimum atomic E-state index is -0.387. The monoisotopic (exact) mass is 304 g/mol. The summed E-state index contributed by atoms with van der Waals surface area (Å²) in [6, 6.07) is 4.91. The van der Waals surface area contributed by atoms with Gasteiger partial charge >= 0.3 is 0 Å². The van der Waals surface area contributed by atoms with Gasteiger partial charge in [0.05, 0.1) is 12.6 Å². The summed E-state index contributed by atoms with van der Waals surface area (Å²) in [5.74, 6) is -0.374. The van der Waals surface area contributed by atoms with E-state index >= 15 is 0 Å². The Morgan fingerprint density at radius 1 is 1.47 bits per heavy atom. The van der Waals surface area contributed by atoms with Gasteiger partial charge in [0.15, 0.2) is 0 Å². The lowest BCUT2D eigenvalue weighted by Crippen LogP contribution is -2.43. The van der Waals surface area contributed by atoms with Crippen molar-refractivity contribution in [3.63, 3.8) is 0 Å². The predicted molar refractivity (Wildman–Crippen MR) is 77.4 cm³/mol. The Morgan fingerprint density at radius 2 is 2.16 bits per heavy atom. The number of nitrogens with two attached hydrogens (primary N) is 1. The number of hydrogen-bond donors (Lipinski definition) is 1. The van der Waals surface area contributed by atoms with Crippen LogP contribution in [-0.2, 0) is 16.1 Å². The lowest BCUT2D eigenvalue weighted by molar-refractivity contribution is -0.123. The Bertz CT molecular complexity index is 441. The van der Waals surface area contributed by atoms with Crippen LogP contribution < -0.4 is 5.73 Å². The molecule has 0 aromatic heterocycles. The molecule has 6 heteroatoms. The van der Waals surface area contributed by atoms with Gasteiger partial charge < -0.3 is 10.5 Å². The molecule has 19 heavy (non-hydrogen) atoms. The number of carbonyl (C=O) groups excluding carboxylic acids is 1. The number of primary amides is 1. The highest BCUT2D eigenvalue weighted by atomic mass is 35.5. The molecular weight excluding hydrogens is 287 g/mol. The Kier molecular flexibility index (Phi) is 6.58. The zero-order chi connectivity index (χ0) is 14.4. The van der Waals surface area contributed by atoms with E-state index in [2.05, 4.69) is 0 Å². The van der Waals surface area contributed by atoms with Crippen LogP contribution in [0.5, 0.6) is 0 Å². The van der Waals surface area contributed by atoms with Gasteiger partial charge in [0.2, 0.25) is 5.91 Å². The molecule has 0 heterocycles. The average molecular weight is 305 g/mol. The zero-order valence-electron chi connectivity index (χ0n) is 11.0. The summed E-state index contributed by atoms with van der Waals surface area (Å²) in [7, 11) is 1.61. The van der Waals surface area contributed by atoms with E-state index in [1.807, 2.05) is 11.0 Å². The molecule has 1 amide bonds. The van der Waals surface area contributed by atoms with Crippen LogP contribution in [0.4, 0.5) is 0 Å². The van der Waals surface area contributed by atoms with Crippen molar-refractivity contribution in [1.82, 2.24) is 4.90 Å². The van der Waals surface area contributed by atoms with Crippen molar-refractivity contribution in [1.29, 1.82) is 0 Å². The van der Waals surface area contributed by atoms with E-state index in [1.165, 1.54) is 0 Å². The van der Waals surface area contributed by atoms with Crippen LogP contribution in [0.2, 0.25) is 10.0 Å². The Labute approximate surface area is 123 Å². The van der Waals surface area contributed by atoms with Gasteiger partial charge in [-0.25, -0.2) is 0 Å². The number of rotatable bonds is 7. The van der Waals surface area contributed by atoms with Crippen LogP contribution in [0, 0.1) is 0 Å². The normalized spacial score (nSPS) is 12.7. The number of halogens is 2. The third-order valence-corrected chi connectivity index (χ3v) is 3.52. The lowest BCUT2D eigenvalue weighted by Gasteiger charge is -2.27. The molecule has 2 N–H and O–H groups in total. The highest BCUT2D eigenvalue weighted by molar-refractivity contribution is 6.35. The molecule has 1 atom stereocenters. The largest absolute Gasteiger partial charge is 0.383 e. The maximum Gasteiger partial charge on any atom is 0.234 e. The van der Waals surface area contributed by atoms with Crippen molar-refractivity contribution in [3.05, 3.63) is 33.8 Å². The fourth-order valence-corrected chi connectivity index (χ4v) is 2.14. The molecule has 1 unspecified atom stereocenters. The molecule has 0 aliphatic heterocycles. The first-order valence-electron chi connectivity index (χ1n) is 5.92. The van der Waals surface area contributed by atoms with Crippen molar-refractivity contribution in [2.45, 2.75) is 19.5 Å². The molecule has 0 saturated heterocycles. The third-order valence-electron chi connectivity index (χ3n) is 2.93. The maximum atomic E-state index is 11.3. The van der Waals surface area contributed by atoms with Gasteiger partial charge in [-0.2, -0.15) is 0 Å². The number of amides is 1. The number of benzene rings is 1. The molecule has 0 aliphatic rings. The van der Waals surface area contributed by atoms with Crippen LogP contribution in [0.15, 0.2) is 18.2 Å². The Balaban J connectivity index is 2.83. The van der Waals surface area contributed by atoms with Crippen molar-refractivity contribution in [3.8, 4) is 0 Å². The second-order valence-electron chi connectivity index (χ2n) is 4.28. The van der Waals surface area contributed by atoms with Crippen LogP contribution in [0.3, 0.4) is 0 Å². The quantitative estimate of drug-likeness (QED) is 0.841. The number of nitrogens with zero attached hydrogens (tertiary/aromatic N) is 1.